The topological polar surface area (TPSA) is 17.1 Å². The van der Waals surface area contributed by atoms with Crippen LogP contribution in [0, 0.1) is 0 Å². The van der Waals surface area contributed by atoms with Crippen LogP contribution in [-0.2, 0) is 17.6 Å². The number of fused-ring (bicyclic) bond motifs is 1. The summed E-state index contributed by atoms with van der Waals surface area (Å²) in [4.78, 5) is 12.4. The standard InChI is InChI=1S/C13H16OS/c1-9(14)10(2)15-13-7-6-11-4-3-5-12(11)8-13/h6-8,10H,3-5H2,1-2H3. The van der Waals surface area contributed by atoms with Crippen LogP contribution >= 0.6 is 11.8 Å². The number of rotatable bonds is 3. The van der Waals surface area contributed by atoms with Crippen LogP contribution in [0.5, 0.6) is 0 Å². The van der Waals surface area contributed by atoms with Gasteiger partial charge in [-0.2, -0.15) is 0 Å². The van der Waals surface area contributed by atoms with Gasteiger partial charge in [0, 0.05) is 4.90 Å². The number of hydrogen-bond donors (Lipinski definition) is 0. The second-order valence-electron chi connectivity index (χ2n) is 4.15. The SMILES string of the molecule is CC(=O)C(C)Sc1ccc2c(c1)CCC2. The molecule has 0 spiro atoms. The van der Waals surface area contributed by atoms with Gasteiger partial charge in [-0.05, 0) is 56.4 Å². The van der Waals surface area contributed by atoms with Gasteiger partial charge in [-0.15, -0.1) is 11.8 Å². The zero-order chi connectivity index (χ0) is 10.8. The van der Waals surface area contributed by atoms with E-state index >= 15 is 0 Å². The minimum atomic E-state index is 0.0736. The maximum absolute atomic E-state index is 11.2. The molecule has 0 bridgehead atoms. The van der Waals surface area contributed by atoms with Crippen LogP contribution in [0.2, 0.25) is 0 Å². The summed E-state index contributed by atoms with van der Waals surface area (Å²) in [6.45, 7) is 3.63. The van der Waals surface area contributed by atoms with Crippen molar-refractivity contribution in [1.29, 1.82) is 0 Å². The van der Waals surface area contributed by atoms with E-state index in [1.165, 1.54) is 35.3 Å². The fraction of sp³-hybridized carbons (Fsp3) is 0.462. The van der Waals surface area contributed by atoms with Gasteiger partial charge >= 0.3 is 0 Å². The largest absolute Gasteiger partial charge is 0.299 e. The summed E-state index contributed by atoms with van der Waals surface area (Å²) in [6.07, 6.45) is 3.71. The first-order valence-corrected chi connectivity index (χ1v) is 6.33. The van der Waals surface area contributed by atoms with Crippen molar-refractivity contribution in [3.05, 3.63) is 29.3 Å². The summed E-state index contributed by atoms with van der Waals surface area (Å²) < 4.78 is 0. The van der Waals surface area contributed by atoms with Crippen molar-refractivity contribution in [2.75, 3.05) is 0 Å². The van der Waals surface area contributed by atoms with Gasteiger partial charge in [0.05, 0.1) is 5.25 Å². The van der Waals surface area contributed by atoms with Crippen molar-refractivity contribution in [3.8, 4) is 0 Å². The molecule has 0 saturated heterocycles. The number of ketones is 1. The summed E-state index contributed by atoms with van der Waals surface area (Å²) in [5.74, 6) is 0.250. The molecule has 2 heteroatoms. The Hall–Kier alpha value is -0.760. The van der Waals surface area contributed by atoms with Crippen LogP contribution in [0.15, 0.2) is 23.1 Å². The molecule has 0 aliphatic heterocycles. The zero-order valence-corrected chi connectivity index (χ0v) is 10.1. The molecule has 2 rings (SSSR count). The van der Waals surface area contributed by atoms with E-state index < -0.39 is 0 Å². The molecule has 0 aromatic heterocycles. The molecule has 1 unspecified atom stereocenters. The normalized spacial score (nSPS) is 16.1. The summed E-state index contributed by atoms with van der Waals surface area (Å²) >= 11 is 1.67. The Bertz CT molecular complexity index is 384. The van der Waals surface area contributed by atoms with Crippen molar-refractivity contribution in [2.24, 2.45) is 0 Å². The van der Waals surface area contributed by atoms with Crippen molar-refractivity contribution >= 4 is 17.5 Å². The highest BCUT2D eigenvalue weighted by Gasteiger charge is 2.13. The third-order valence-electron chi connectivity index (χ3n) is 2.96. The molecule has 0 fully saturated rings. The molecule has 1 aliphatic rings. The second-order valence-corrected chi connectivity index (χ2v) is 5.57. The highest BCUT2D eigenvalue weighted by Crippen LogP contribution is 2.29. The molecule has 0 saturated carbocycles. The van der Waals surface area contributed by atoms with Crippen molar-refractivity contribution in [1.82, 2.24) is 0 Å². The average Bonchev–Trinajstić information content (AvgIpc) is 2.64. The van der Waals surface area contributed by atoms with Crippen LogP contribution < -0.4 is 0 Å². The average molecular weight is 220 g/mol. The number of hydrogen-bond acceptors (Lipinski definition) is 2. The van der Waals surface area contributed by atoms with Gasteiger partial charge in [0.1, 0.15) is 5.78 Å². The van der Waals surface area contributed by atoms with E-state index in [2.05, 4.69) is 18.2 Å². The first kappa shape index (κ1) is 10.7. The quantitative estimate of drug-likeness (QED) is 0.727. The van der Waals surface area contributed by atoms with Crippen LogP contribution in [0.4, 0.5) is 0 Å². The first-order chi connectivity index (χ1) is 7.16. The number of thioether (sulfide) groups is 1. The molecule has 1 aromatic carbocycles. The lowest BCUT2D eigenvalue weighted by Crippen LogP contribution is -2.07. The number of aryl methyl sites for hydroxylation is 2. The van der Waals surface area contributed by atoms with Gasteiger partial charge in [-0.1, -0.05) is 6.07 Å². The lowest BCUT2D eigenvalue weighted by molar-refractivity contribution is -0.116. The van der Waals surface area contributed by atoms with Gasteiger partial charge in [0.2, 0.25) is 0 Å². The van der Waals surface area contributed by atoms with E-state index in [1.807, 2.05) is 6.92 Å². The van der Waals surface area contributed by atoms with E-state index in [0.717, 1.165) is 0 Å². The van der Waals surface area contributed by atoms with E-state index in [0.29, 0.717) is 0 Å². The van der Waals surface area contributed by atoms with Crippen LogP contribution in [0.3, 0.4) is 0 Å². The summed E-state index contributed by atoms with van der Waals surface area (Å²) in [7, 11) is 0. The van der Waals surface area contributed by atoms with Crippen molar-refractivity contribution < 1.29 is 4.79 Å². The van der Waals surface area contributed by atoms with Crippen molar-refractivity contribution in [3.63, 3.8) is 0 Å². The van der Waals surface area contributed by atoms with Gasteiger partial charge in [-0.25, -0.2) is 0 Å². The monoisotopic (exact) mass is 220 g/mol. The molecule has 15 heavy (non-hydrogen) atoms. The molecule has 1 atom stereocenters. The van der Waals surface area contributed by atoms with Gasteiger partial charge < -0.3 is 0 Å². The lowest BCUT2D eigenvalue weighted by atomic mass is 10.1. The third kappa shape index (κ3) is 2.43. The Labute approximate surface area is 95.3 Å². The summed E-state index contributed by atoms with van der Waals surface area (Å²) in [5.41, 5.74) is 2.98. The summed E-state index contributed by atoms with van der Waals surface area (Å²) in [6, 6.07) is 6.62. The Kier molecular flexibility index (Phi) is 3.15. The molecular weight excluding hydrogens is 204 g/mol. The highest BCUT2D eigenvalue weighted by atomic mass is 32.2. The third-order valence-corrected chi connectivity index (χ3v) is 4.17. The van der Waals surface area contributed by atoms with Gasteiger partial charge in [0.25, 0.3) is 0 Å². The fourth-order valence-electron chi connectivity index (χ4n) is 1.91. The predicted octanol–water partition coefficient (Wildman–Crippen LogP) is 3.24. The minimum absolute atomic E-state index is 0.0736. The van der Waals surface area contributed by atoms with E-state index in [1.54, 1.807) is 18.7 Å². The maximum Gasteiger partial charge on any atom is 0.142 e. The fourth-order valence-corrected chi connectivity index (χ4v) is 2.84. The van der Waals surface area contributed by atoms with Crippen molar-refractivity contribution in [2.45, 2.75) is 43.3 Å². The van der Waals surface area contributed by atoms with Crippen LogP contribution in [-0.4, -0.2) is 11.0 Å². The lowest BCUT2D eigenvalue weighted by Gasteiger charge is -2.08. The second kappa shape index (κ2) is 4.40. The Morgan fingerprint density at radius 3 is 2.80 bits per heavy atom. The number of Topliss-reactive ketones (excluding diaryl/α,β-unsaturated/α-hetero) is 1. The first-order valence-electron chi connectivity index (χ1n) is 5.46. The smallest absolute Gasteiger partial charge is 0.142 e. The Balaban J connectivity index is 2.13. The minimum Gasteiger partial charge on any atom is -0.299 e. The zero-order valence-electron chi connectivity index (χ0n) is 9.25. The van der Waals surface area contributed by atoms with Crippen LogP contribution in [0.1, 0.15) is 31.4 Å². The molecule has 80 valence electrons. The molecular formula is C13H16OS. The van der Waals surface area contributed by atoms with Crippen LogP contribution in [0.25, 0.3) is 0 Å². The van der Waals surface area contributed by atoms with E-state index in [-0.39, 0.29) is 11.0 Å². The highest BCUT2D eigenvalue weighted by molar-refractivity contribution is 8.00. The molecule has 1 nitrogen and oxygen atoms in total. The van der Waals surface area contributed by atoms with E-state index in [9.17, 15) is 4.79 Å². The number of carbonyl (C=O) groups excluding carboxylic acids is 1. The Morgan fingerprint density at radius 1 is 1.33 bits per heavy atom. The maximum atomic E-state index is 11.2. The summed E-state index contributed by atoms with van der Waals surface area (Å²) in [5, 5.41) is 0.0736. The predicted molar refractivity (Wildman–Crippen MR) is 64.5 cm³/mol. The van der Waals surface area contributed by atoms with E-state index in [4.69, 9.17) is 0 Å². The molecule has 0 N–H and O–H groups in total. The molecule has 0 amide bonds. The number of benzene rings is 1. The number of carbonyl (C=O) groups is 1. The van der Waals surface area contributed by atoms with Gasteiger partial charge in [-0.3, -0.25) is 4.79 Å². The molecule has 0 heterocycles. The molecule has 1 aromatic rings. The molecule has 1 aliphatic carbocycles. The van der Waals surface area contributed by atoms with Gasteiger partial charge in [0.15, 0.2) is 0 Å². The molecule has 0 radical (unpaired) electrons. The Morgan fingerprint density at radius 2 is 2.07 bits per heavy atom.